The van der Waals surface area contributed by atoms with Crippen LogP contribution in [-0.2, 0) is 4.74 Å². The summed E-state index contributed by atoms with van der Waals surface area (Å²) in [6, 6.07) is 0. The van der Waals surface area contributed by atoms with Gasteiger partial charge in [-0.25, -0.2) is 4.98 Å². The van der Waals surface area contributed by atoms with E-state index in [0.29, 0.717) is 12.5 Å². The number of thiazole rings is 1. The van der Waals surface area contributed by atoms with Crippen molar-refractivity contribution in [3.63, 3.8) is 0 Å². The van der Waals surface area contributed by atoms with Gasteiger partial charge in [-0.1, -0.05) is 0 Å². The molecule has 1 aromatic rings. The molecule has 9 heteroatoms. The van der Waals surface area contributed by atoms with Crippen LogP contribution >= 0.6 is 35.3 Å². The lowest BCUT2D eigenvalue weighted by Crippen LogP contribution is -2.56. The Kier molecular flexibility index (Phi) is 8.14. The Hall–Kier alpha value is -0.650. The monoisotopic (exact) mass is 508 g/mol. The van der Waals surface area contributed by atoms with Crippen molar-refractivity contribution in [1.82, 2.24) is 14.8 Å². The highest BCUT2D eigenvalue weighted by molar-refractivity contribution is 14.0. The van der Waals surface area contributed by atoms with Gasteiger partial charge in [-0.05, 0) is 27.7 Å². The summed E-state index contributed by atoms with van der Waals surface area (Å²) >= 11 is 1.69. The number of anilines is 1. The SMILES string of the molecule is CC1CN(C(C)(C)CN=C(N)N2CCN(c3nccs3)CC2)CC(C)O1.I. The molecule has 154 valence electrons. The number of halogens is 1. The van der Waals surface area contributed by atoms with Crippen LogP contribution in [0.3, 0.4) is 0 Å². The Bertz CT molecular complexity index is 593. The molecule has 2 fully saturated rings. The summed E-state index contributed by atoms with van der Waals surface area (Å²) in [6.07, 6.45) is 2.38. The molecule has 0 amide bonds. The summed E-state index contributed by atoms with van der Waals surface area (Å²) in [5, 5.41) is 3.12. The van der Waals surface area contributed by atoms with Crippen LogP contribution in [0.1, 0.15) is 27.7 Å². The van der Waals surface area contributed by atoms with Gasteiger partial charge in [0.15, 0.2) is 11.1 Å². The van der Waals surface area contributed by atoms with Gasteiger partial charge >= 0.3 is 0 Å². The average Bonchev–Trinajstić information content (AvgIpc) is 3.14. The summed E-state index contributed by atoms with van der Waals surface area (Å²) in [6.45, 7) is 15.0. The second-order valence-corrected chi connectivity index (χ2v) is 8.81. The van der Waals surface area contributed by atoms with Crippen molar-refractivity contribution in [3.05, 3.63) is 11.6 Å². The summed E-state index contributed by atoms with van der Waals surface area (Å²) in [5.74, 6) is 0.659. The Morgan fingerprint density at radius 2 is 1.89 bits per heavy atom. The molecule has 0 aliphatic carbocycles. The highest BCUT2D eigenvalue weighted by Crippen LogP contribution is 2.22. The first-order chi connectivity index (χ1) is 12.3. The number of rotatable bonds is 4. The van der Waals surface area contributed by atoms with Crippen molar-refractivity contribution in [2.45, 2.75) is 45.4 Å². The summed E-state index contributed by atoms with van der Waals surface area (Å²) in [7, 11) is 0. The first kappa shape index (κ1) is 22.6. The molecular formula is C18H33IN6OS. The molecule has 2 aliphatic rings. The Labute approximate surface area is 184 Å². The lowest BCUT2D eigenvalue weighted by atomic mass is 10.0. The van der Waals surface area contributed by atoms with Crippen molar-refractivity contribution < 1.29 is 4.74 Å². The Morgan fingerprint density at radius 1 is 1.26 bits per heavy atom. The summed E-state index contributed by atoms with van der Waals surface area (Å²) < 4.78 is 5.85. The van der Waals surface area contributed by atoms with Gasteiger partial charge in [-0.3, -0.25) is 9.89 Å². The zero-order chi connectivity index (χ0) is 18.7. The molecule has 0 spiro atoms. The van der Waals surface area contributed by atoms with E-state index in [-0.39, 0.29) is 41.7 Å². The Morgan fingerprint density at radius 3 is 2.44 bits per heavy atom. The van der Waals surface area contributed by atoms with Gasteiger partial charge in [0.1, 0.15) is 0 Å². The molecule has 2 N–H and O–H groups in total. The number of hydrogen-bond donors (Lipinski definition) is 1. The van der Waals surface area contributed by atoms with Crippen LogP contribution in [0.5, 0.6) is 0 Å². The van der Waals surface area contributed by atoms with E-state index in [4.69, 9.17) is 15.5 Å². The minimum atomic E-state index is -0.0281. The van der Waals surface area contributed by atoms with Crippen molar-refractivity contribution in [2.24, 2.45) is 10.7 Å². The molecule has 0 bridgehead atoms. The lowest BCUT2D eigenvalue weighted by Gasteiger charge is -2.44. The molecule has 0 radical (unpaired) electrons. The number of piperazine rings is 1. The normalized spacial score (nSPS) is 25.4. The van der Waals surface area contributed by atoms with E-state index < -0.39 is 0 Å². The maximum Gasteiger partial charge on any atom is 0.191 e. The van der Waals surface area contributed by atoms with Gasteiger partial charge in [-0.2, -0.15) is 0 Å². The van der Waals surface area contributed by atoms with Crippen LogP contribution in [0.25, 0.3) is 0 Å². The van der Waals surface area contributed by atoms with Crippen LogP contribution in [0, 0.1) is 0 Å². The smallest absolute Gasteiger partial charge is 0.191 e. The fourth-order valence-electron chi connectivity index (χ4n) is 3.65. The Balaban J connectivity index is 0.00000261. The third-order valence-corrected chi connectivity index (χ3v) is 6.03. The van der Waals surface area contributed by atoms with E-state index >= 15 is 0 Å². The van der Waals surface area contributed by atoms with Gasteiger partial charge in [0.2, 0.25) is 0 Å². The number of nitrogens with zero attached hydrogens (tertiary/aromatic N) is 5. The van der Waals surface area contributed by atoms with Crippen LogP contribution in [0.4, 0.5) is 5.13 Å². The fourth-order valence-corrected chi connectivity index (χ4v) is 4.34. The van der Waals surface area contributed by atoms with Gasteiger partial charge in [-0.15, -0.1) is 35.3 Å². The van der Waals surface area contributed by atoms with E-state index in [1.165, 1.54) is 0 Å². The first-order valence-electron chi connectivity index (χ1n) is 9.45. The highest BCUT2D eigenvalue weighted by atomic mass is 127. The predicted octanol–water partition coefficient (Wildman–Crippen LogP) is 2.09. The second-order valence-electron chi connectivity index (χ2n) is 7.94. The minimum Gasteiger partial charge on any atom is -0.373 e. The predicted molar refractivity (Wildman–Crippen MR) is 123 cm³/mol. The molecule has 1 aromatic heterocycles. The summed E-state index contributed by atoms with van der Waals surface area (Å²) in [4.78, 5) is 16.1. The molecule has 0 saturated carbocycles. The van der Waals surface area contributed by atoms with Crippen molar-refractivity contribution in [3.8, 4) is 0 Å². The fraction of sp³-hybridized carbons (Fsp3) is 0.778. The molecule has 2 aliphatic heterocycles. The first-order valence-corrected chi connectivity index (χ1v) is 10.3. The van der Waals surface area contributed by atoms with Gasteiger partial charge in [0.05, 0.1) is 18.8 Å². The number of nitrogens with two attached hydrogens (primary N) is 1. The number of guanidine groups is 1. The molecule has 2 saturated heterocycles. The highest BCUT2D eigenvalue weighted by Gasteiger charge is 2.33. The number of morpholine rings is 1. The number of aliphatic imine (C=N–C) groups is 1. The molecule has 2 atom stereocenters. The topological polar surface area (TPSA) is 70.2 Å². The van der Waals surface area contributed by atoms with Gasteiger partial charge in [0.25, 0.3) is 0 Å². The largest absolute Gasteiger partial charge is 0.373 e. The van der Waals surface area contributed by atoms with Crippen LogP contribution in [0.15, 0.2) is 16.6 Å². The zero-order valence-corrected chi connectivity index (χ0v) is 19.9. The lowest BCUT2D eigenvalue weighted by molar-refractivity contribution is -0.0939. The van der Waals surface area contributed by atoms with E-state index in [1.54, 1.807) is 11.3 Å². The van der Waals surface area contributed by atoms with Crippen molar-refractivity contribution in [1.29, 1.82) is 0 Å². The maximum atomic E-state index is 6.31. The zero-order valence-electron chi connectivity index (χ0n) is 16.8. The van der Waals surface area contributed by atoms with Crippen molar-refractivity contribution in [2.75, 3.05) is 50.7 Å². The van der Waals surface area contributed by atoms with E-state index in [0.717, 1.165) is 44.4 Å². The molecule has 7 nitrogen and oxygen atoms in total. The van der Waals surface area contributed by atoms with Gasteiger partial charge < -0.3 is 20.3 Å². The quantitative estimate of drug-likeness (QED) is 0.382. The van der Waals surface area contributed by atoms with Crippen LogP contribution in [0.2, 0.25) is 0 Å². The molecule has 0 aromatic carbocycles. The van der Waals surface area contributed by atoms with E-state index in [2.05, 4.69) is 47.4 Å². The van der Waals surface area contributed by atoms with E-state index in [9.17, 15) is 0 Å². The van der Waals surface area contributed by atoms with Gasteiger partial charge in [0, 0.05) is 56.4 Å². The second kappa shape index (κ2) is 9.71. The number of ether oxygens (including phenoxy) is 1. The molecular weight excluding hydrogens is 475 g/mol. The van der Waals surface area contributed by atoms with Crippen LogP contribution in [-0.4, -0.2) is 84.3 Å². The number of aromatic nitrogens is 1. The van der Waals surface area contributed by atoms with Crippen molar-refractivity contribution >= 4 is 46.4 Å². The average molecular weight is 508 g/mol. The summed E-state index contributed by atoms with van der Waals surface area (Å²) in [5.41, 5.74) is 6.28. The minimum absolute atomic E-state index is 0. The molecule has 27 heavy (non-hydrogen) atoms. The third kappa shape index (κ3) is 5.91. The van der Waals surface area contributed by atoms with E-state index in [1.807, 2.05) is 11.6 Å². The number of hydrogen-bond acceptors (Lipinski definition) is 6. The standard InChI is InChI=1S/C18H32N6OS.HI/c1-14-11-24(12-15(2)25-14)18(3,4)13-21-16(19)22-6-8-23(9-7-22)17-20-5-10-26-17;/h5,10,14-15H,6-9,11-13H2,1-4H3,(H2,19,21);1H. The maximum absolute atomic E-state index is 6.31. The molecule has 3 heterocycles. The molecule has 2 unspecified atom stereocenters. The third-order valence-electron chi connectivity index (χ3n) is 5.20. The van der Waals surface area contributed by atoms with Crippen LogP contribution < -0.4 is 10.6 Å². The molecule has 3 rings (SSSR count).